The fourth-order valence-electron chi connectivity index (χ4n) is 4.49. The molecule has 0 aromatic heterocycles. The molecule has 28 heavy (non-hydrogen) atoms. The summed E-state index contributed by atoms with van der Waals surface area (Å²) in [5.41, 5.74) is 3.83. The van der Waals surface area contributed by atoms with Crippen molar-refractivity contribution in [2.24, 2.45) is 0 Å². The monoisotopic (exact) mass is 380 g/mol. The number of anilines is 1. The average Bonchev–Trinajstić information content (AvgIpc) is 2.77. The number of para-hydroxylation sites is 2. The number of carbonyl (C=O) groups is 1. The van der Waals surface area contributed by atoms with Gasteiger partial charge >= 0.3 is 0 Å². The molecule has 2 aromatic rings. The number of quaternary nitrogens is 1. The van der Waals surface area contributed by atoms with Gasteiger partial charge in [0.25, 0.3) is 5.91 Å². The summed E-state index contributed by atoms with van der Waals surface area (Å²) < 4.78 is 5.51. The molecule has 1 saturated heterocycles. The van der Waals surface area contributed by atoms with E-state index in [0.29, 0.717) is 0 Å². The fourth-order valence-corrected chi connectivity index (χ4v) is 4.49. The molecule has 0 unspecified atom stereocenters. The van der Waals surface area contributed by atoms with Crippen molar-refractivity contribution in [2.45, 2.75) is 25.9 Å². The Hall–Kier alpha value is -2.53. The maximum absolute atomic E-state index is 13.1. The number of hydrogen-bond acceptors (Lipinski definition) is 3. The maximum Gasteiger partial charge on any atom is 0.280 e. The van der Waals surface area contributed by atoms with Gasteiger partial charge in [-0.15, -0.1) is 0 Å². The molecular weight excluding hydrogens is 350 g/mol. The molecule has 0 radical (unpaired) electrons. The molecule has 0 aliphatic carbocycles. The third kappa shape index (κ3) is 3.72. The summed E-state index contributed by atoms with van der Waals surface area (Å²) in [7, 11) is 1.72. The standard InChI is InChI=1S/C23H29N3O2/c1-18(23(27)26-12-11-19-7-3-4-8-20(19)17-26)24-13-15-25(16-14-24)21-9-5-6-10-22(21)28-2/h3-10,18H,11-17H2,1-2H3/p+1/t18-/m0/s1. The molecule has 148 valence electrons. The molecule has 1 fully saturated rings. The molecule has 4 rings (SSSR count). The largest absolute Gasteiger partial charge is 0.495 e. The van der Waals surface area contributed by atoms with E-state index in [2.05, 4.69) is 48.2 Å². The minimum atomic E-state index is 0.00470. The summed E-state index contributed by atoms with van der Waals surface area (Å²) in [4.78, 5) is 18.9. The van der Waals surface area contributed by atoms with Crippen LogP contribution in [0.5, 0.6) is 5.75 Å². The Morgan fingerprint density at radius 1 is 1.00 bits per heavy atom. The van der Waals surface area contributed by atoms with Crippen molar-refractivity contribution in [1.82, 2.24) is 4.90 Å². The van der Waals surface area contributed by atoms with Crippen molar-refractivity contribution >= 4 is 11.6 Å². The lowest BCUT2D eigenvalue weighted by Gasteiger charge is -2.38. The van der Waals surface area contributed by atoms with Gasteiger partial charge in [-0.1, -0.05) is 36.4 Å². The molecule has 2 aliphatic rings. The zero-order valence-electron chi connectivity index (χ0n) is 16.9. The van der Waals surface area contributed by atoms with Crippen molar-refractivity contribution in [3.63, 3.8) is 0 Å². The van der Waals surface area contributed by atoms with Gasteiger partial charge in [0.2, 0.25) is 0 Å². The Balaban J connectivity index is 1.36. The SMILES string of the molecule is COc1ccccc1N1CC[NH+]([C@@H](C)C(=O)N2CCc3ccccc3C2)CC1. The minimum Gasteiger partial charge on any atom is -0.495 e. The first kappa shape index (κ1) is 18.8. The van der Waals surface area contributed by atoms with Crippen LogP contribution in [0.1, 0.15) is 18.1 Å². The van der Waals surface area contributed by atoms with Crippen molar-refractivity contribution in [1.29, 1.82) is 0 Å². The van der Waals surface area contributed by atoms with Gasteiger partial charge in [-0.2, -0.15) is 0 Å². The number of fused-ring (bicyclic) bond motifs is 1. The van der Waals surface area contributed by atoms with Crippen molar-refractivity contribution in [2.75, 3.05) is 44.7 Å². The van der Waals surface area contributed by atoms with E-state index in [1.165, 1.54) is 16.0 Å². The smallest absolute Gasteiger partial charge is 0.280 e. The van der Waals surface area contributed by atoms with Crippen LogP contribution in [-0.2, 0) is 17.8 Å². The van der Waals surface area contributed by atoms with Gasteiger partial charge in [-0.05, 0) is 36.6 Å². The minimum absolute atomic E-state index is 0.00470. The van der Waals surface area contributed by atoms with Gasteiger partial charge in [0.15, 0.2) is 6.04 Å². The predicted molar refractivity (Wildman–Crippen MR) is 111 cm³/mol. The van der Waals surface area contributed by atoms with E-state index in [9.17, 15) is 4.79 Å². The molecule has 2 heterocycles. The first-order chi connectivity index (χ1) is 13.7. The van der Waals surface area contributed by atoms with Crippen LogP contribution in [0.4, 0.5) is 5.69 Å². The van der Waals surface area contributed by atoms with E-state index in [0.717, 1.165) is 57.1 Å². The number of nitrogens with one attached hydrogen (secondary N) is 1. The van der Waals surface area contributed by atoms with E-state index in [1.54, 1.807) is 7.11 Å². The highest BCUT2D eigenvalue weighted by Gasteiger charge is 2.33. The summed E-state index contributed by atoms with van der Waals surface area (Å²) in [6.45, 7) is 7.49. The van der Waals surface area contributed by atoms with Gasteiger partial charge in [-0.25, -0.2) is 0 Å². The maximum atomic E-state index is 13.1. The van der Waals surface area contributed by atoms with E-state index < -0.39 is 0 Å². The lowest BCUT2D eigenvalue weighted by atomic mass is 9.99. The first-order valence-electron chi connectivity index (χ1n) is 10.3. The molecule has 0 bridgehead atoms. The molecule has 1 N–H and O–H groups in total. The van der Waals surface area contributed by atoms with Crippen LogP contribution >= 0.6 is 0 Å². The van der Waals surface area contributed by atoms with Crippen LogP contribution in [-0.4, -0.2) is 56.7 Å². The van der Waals surface area contributed by atoms with Crippen molar-refractivity contribution < 1.29 is 14.4 Å². The quantitative estimate of drug-likeness (QED) is 0.871. The molecule has 2 aromatic carbocycles. The number of hydrogen-bond donors (Lipinski definition) is 1. The van der Waals surface area contributed by atoms with Gasteiger partial charge < -0.3 is 19.4 Å². The summed E-state index contributed by atoms with van der Waals surface area (Å²) in [6, 6.07) is 16.7. The lowest BCUT2D eigenvalue weighted by molar-refractivity contribution is -0.915. The van der Waals surface area contributed by atoms with Crippen LogP contribution < -0.4 is 14.5 Å². The molecule has 1 amide bonds. The van der Waals surface area contributed by atoms with Gasteiger partial charge in [0, 0.05) is 13.1 Å². The molecular formula is C23H30N3O2+. The summed E-state index contributed by atoms with van der Waals surface area (Å²) in [5.74, 6) is 1.21. The first-order valence-corrected chi connectivity index (χ1v) is 10.3. The van der Waals surface area contributed by atoms with Crippen molar-refractivity contribution in [3.8, 4) is 5.75 Å². The van der Waals surface area contributed by atoms with E-state index >= 15 is 0 Å². The highest BCUT2D eigenvalue weighted by molar-refractivity contribution is 5.80. The topological polar surface area (TPSA) is 37.2 Å². The molecule has 1 atom stereocenters. The molecule has 5 heteroatoms. The number of methoxy groups -OCH3 is 1. The Kier molecular flexibility index (Phi) is 5.53. The second-order valence-electron chi connectivity index (χ2n) is 7.82. The van der Waals surface area contributed by atoms with Crippen LogP contribution in [0, 0.1) is 0 Å². The number of carbonyl (C=O) groups excluding carboxylic acids is 1. The van der Waals surface area contributed by atoms with E-state index in [-0.39, 0.29) is 11.9 Å². The predicted octanol–water partition coefficient (Wildman–Crippen LogP) is 1.37. The van der Waals surface area contributed by atoms with Crippen LogP contribution in [0.2, 0.25) is 0 Å². The fraction of sp³-hybridized carbons (Fsp3) is 0.435. The van der Waals surface area contributed by atoms with Crippen LogP contribution in [0.3, 0.4) is 0 Å². The third-order valence-electron chi connectivity index (χ3n) is 6.26. The Morgan fingerprint density at radius 3 is 2.43 bits per heavy atom. The average molecular weight is 381 g/mol. The van der Waals surface area contributed by atoms with Gasteiger partial charge in [-0.3, -0.25) is 4.79 Å². The zero-order valence-corrected chi connectivity index (χ0v) is 16.9. The molecule has 0 saturated carbocycles. The van der Waals surface area contributed by atoms with E-state index in [1.807, 2.05) is 17.0 Å². The lowest BCUT2D eigenvalue weighted by Crippen LogP contribution is -3.19. The number of rotatable bonds is 4. The normalized spacial score (nSPS) is 18.5. The summed E-state index contributed by atoms with van der Waals surface area (Å²) in [6.07, 6.45) is 0.964. The highest BCUT2D eigenvalue weighted by atomic mass is 16.5. The zero-order chi connectivity index (χ0) is 19.5. The van der Waals surface area contributed by atoms with Crippen molar-refractivity contribution in [3.05, 3.63) is 59.7 Å². The number of ether oxygens (including phenoxy) is 1. The summed E-state index contributed by atoms with van der Waals surface area (Å²) in [5, 5.41) is 0. The molecule has 0 spiro atoms. The Bertz CT molecular complexity index is 830. The van der Waals surface area contributed by atoms with Gasteiger partial charge in [0.05, 0.1) is 39.0 Å². The van der Waals surface area contributed by atoms with E-state index in [4.69, 9.17) is 4.74 Å². The highest BCUT2D eigenvalue weighted by Crippen LogP contribution is 2.27. The Labute approximate surface area is 167 Å². The Morgan fingerprint density at radius 2 is 1.68 bits per heavy atom. The van der Waals surface area contributed by atoms with Crippen LogP contribution in [0.25, 0.3) is 0 Å². The van der Waals surface area contributed by atoms with Gasteiger partial charge in [0.1, 0.15) is 5.75 Å². The molecule has 5 nitrogen and oxygen atoms in total. The van der Waals surface area contributed by atoms with Crippen LogP contribution in [0.15, 0.2) is 48.5 Å². The summed E-state index contributed by atoms with van der Waals surface area (Å²) >= 11 is 0. The second kappa shape index (κ2) is 8.23. The number of amides is 1. The second-order valence-corrected chi connectivity index (χ2v) is 7.82. The number of benzene rings is 2. The number of piperazine rings is 1. The molecule has 2 aliphatic heterocycles. The number of nitrogens with zero attached hydrogens (tertiary/aromatic N) is 2. The third-order valence-corrected chi connectivity index (χ3v) is 6.26.